The number of rotatable bonds is 13. The van der Waals surface area contributed by atoms with E-state index >= 15 is 0 Å². The Bertz CT molecular complexity index is 413. The Balaban J connectivity index is 0.00000529. The standard InChI is InChI=1S/C21H36BrN.BrH/c1-21(2,23)20-17-13-12-16-19(20)15-11-9-7-5-3-4-6-8-10-14-18-22;/h12-13,16-17H,3-11,14-15,18,23H2,1-2H3;1H. The first-order valence-corrected chi connectivity index (χ1v) is 10.6. The summed E-state index contributed by atoms with van der Waals surface area (Å²) in [6, 6.07) is 8.67. The van der Waals surface area contributed by atoms with Gasteiger partial charge in [0.2, 0.25) is 0 Å². The van der Waals surface area contributed by atoms with E-state index in [0.717, 1.165) is 5.33 Å². The van der Waals surface area contributed by atoms with E-state index < -0.39 is 0 Å². The predicted octanol–water partition coefficient (Wildman–Crippen LogP) is 7.30. The highest BCUT2D eigenvalue weighted by atomic mass is 79.9. The molecule has 0 aromatic heterocycles. The molecule has 1 aromatic carbocycles. The summed E-state index contributed by atoms with van der Waals surface area (Å²) in [5.41, 5.74) is 8.80. The molecule has 0 atom stereocenters. The Hall–Kier alpha value is 0.140. The van der Waals surface area contributed by atoms with Gasteiger partial charge in [-0.1, -0.05) is 91.6 Å². The molecule has 0 aliphatic heterocycles. The molecule has 0 saturated heterocycles. The van der Waals surface area contributed by atoms with Crippen LogP contribution >= 0.6 is 32.9 Å². The number of alkyl halides is 1. The van der Waals surface area contributed by atoms with E-state index in [9.17, 15) is 0 Å². The van der Waals surface area contributed by atoms with Crippen LogP contribution in [0.15, 0.2) is 24.3 Å². The molecule has 0 saturated carbocycles. The Kier molecular flexibility index (Phi) is 14.4. The van der Waals surface area contributed by atoms with E-state index in [4.69, 9.17) is 5.73 Å². The first-order valence-electron chi connectivity index (χ1n) is 9.49. The number of aryl methyl sites for hydroxylation is 1. The van der Waals surface area contributed by atoms with Crippen molar-refractivity contribution in [1.82, 2.24) is 0 Å². The lowest BCUT2D eigenvalue weighted by molar-refractivity contribution is 0.538. The van der Waals surface area contributed by atoms with E-state index in [1.165, 1.54) is 81.8 Å². The third-order valence-corrected chi connectivity index (χ3v) is 5.10. The normalized spacial score (nSPS) is 11.3. The van der Waals surface area contributed by atoms with Crippen molar-refractivity contribution in [3.63, 3.8) is 0 Å². The zero-order valence-electron chi connectivity index (χ0n) is 15.7. The second-order valence-electron chi connectivity index (χ2n) is 7.35. The van der Waals surface area contributed by atoms with E-state index in [1.807, 2.05) is 0 Å². The van der Waals surface area contributed by atoms with Crippen LogP contribution in [0.1, 0.15) is 89.2 Å². The summed E-state index contributed by atoms with van der Waals surface area (Å²) >= 11 is 3.49. The molecule has 0 radical (unpaired) electrons. The van der Waals surface area contributed by atoms with Crippen molar-refractivity contribution in [3.05, 3.63) is 35.4 Å². The topological polar surface area (TPSA) is 26.0 Å². The summed E-state index contributed by atoms with van der Waals surface area (Å²) in [5.74, 6) is 0. The lowest BCUT2D eigenvalue weighted by Crippen LogP contribution is -2.30. The van der Waals surface area contributed by atoms with Gasteiger partial charge in [0.1, 0.15) is 0 Å². The van der Waals surface area contributed by atoms with Crippen LogP contribution in [0.4, 0.5) is 0 Å². The maximum Gasteiger partial charge on any atom is 0.0355 e. The molecule has 1 aromatic rings. The second kappa shape index (κ2) is 14.3. The summed E-state index contributed by atoms with van der Waals surface area (Å²) < 4.78 is 0. The molecule has 3 heteroatoms. The van der Waals surface area contributed by atoms with Crippen LogP contribution in [0.2, 0.25) is 0 Å². The minimum Gasteiger partial charge on any atom is -0.322 e. The molecule has 0 fully saturated rings. The molecule has 24 heavy (non-hydrogen) atoms. The number of nitrogens with two attached hydrogens (primary N) is 1. The molecule has 0 amide bonds. The first-order chi connectivity index (χ1) is 11.1. The van der Waals surface area contributed by atoms with Crippen LogP contribution < -0.4 is 5.73 Å². The summed E-state index contributed by atoms with van der Waals surface area (Å²) in [6.45, 7) is 4.20. The summed E-state index contributed by atoms with van der Waals surface area (Å²) in [6.07, 6.45) is 15.0. The number of hydrogen-bond donors (Lipinski definition) is 1. The largest absolute Gasteiger partial charge is 0.322 e. The highest BCUT2D eigenvalue weighted by Gasteiger charge is 2.17. The fourth-order valence-corrected chi connectivity index (χ4v) is 3.59. The highest BCUT2D eigenvalue weighted by molar-refractivity contribution is 9.09. The Morgan fingerprint density at radius 1 is 0.792 bits per heavy atom. The summed E-state index contributed by atoms with van der Waals surface area (Å²) in [5, 5.41) is 1.16. The van der Waals surface area contributed by atoms with Crippen molar-refractivity contribution in [2.75, 3.05) is 5.33 Å². The van der Waals surface area contributed by atoms with Gasteiger partial charge in [-0.2, -0.15) is 0 Å². The zero-order chi connectivity index (χ0) is 17.0. The molecule has 2 N–H and O–H groups in total. The third kappa shape index (κ3) is 10.9. The second-order valence-corrected chi connectivity index (χ2v) is 8.15. The van der Waals surface area contributed by atoms with Crippen molar-refractivity contribution in [2.24, 2.45) is 5.73 Å². The molecule has 0 spiro atoms. The SMILES string of the molecule is Br.CC(C)(N)c1ccccc1CCCCCCCCCCCCBr. The number of halogens is 2. The molecule has 0 aliphatic rings. The number of benzene rings is 1. The molecule has 0 bridgehead atoms. The Morgan fingerprint density at radius 2 is 1.25 bits per heavy atom. The molecule has 140 valence electrons. The fraction of sp³-hybridized carbons (Fsp3) is 0.714. The maximum atomic E-state index is 6.28. The Labute approximate surface area is 169 Å². The van der Waals surface area contributed by atoms with Crippen LogP contribution in [0.25, 0.3) is 0 Å². The number of unbranched alkanes of at least 4 members (excludes halogenated alkanes) is 9. The monoisotopic (exact) mass is 461 g/mol. The average molecular weight is 463 g/mol. The summed E-state index contributed by atoms with van der Waals surface area (Å²) in [7, 11) is 0. The van der Waals surface area contributed by atoms with Crippen LogP contribution in [0, 0.1) is 0 Å². The smallest absolute Gasteiger partial charge is 0.0355 e. The minimum absolute atomic E-state index is 0. The van der Waals surface area contributed by atoms with E-state index in [0.29, 0.717) is 0 Å². The molecular formula is C21H37Br2N. The average Bonchev–Trinajstić information content (AvgIpc) is 2.52. The minimum atomic E-state index is -0.231. The molecule has 0 unspecified atom stereocenters. The van der Waals surface area contributed by atoms with Gasteiger partial charge in [-0.05, 0) is 44.2 Å². The lowest BCUT2D eigenvalue weighted by atomic mass is 9.89. The van der Waals surface area contributed by atoms with Crippen molar-refractivity contribution in [1.29, 1.82) is 0 Å². The van der Waals surface area contributed by atoms with Gasteiger partial charge in [0.15, 0.2) is 0 Å². The van der Waals surface area contributed by atoms with Gasteiger partial charge in [0.25, 0.3) is 0 Å². The predicted molar refractivity (Wildman–Crippen MR) is 118 cm³/mol. The van der Waals surface area contributed by atoms with Gasteiger partial charge >= 0.3 is 0 Å². The zero-order valence-corrected chi connectivity index (χ0v) is 19.0. The van der Waals surface area contributed by atoms with E-state index in [1.54, 1.807) is 0 Å². The van der Waals surface area contributed by atoms with Gasteiger partial charge in [-0.15, -0.1) is 17.0 Å². The highest BCUT2D eigenvalue weighted by Crippen LogP contribution is 2.23. The number of hydrogen-bond acceptors (Lipinski definition) is 1. The molecular weight excluding hydrogens is 426 g/mol. The van der Waals surface area contributed by atoms with Crippen molar-refractivity contribution < 1.29 is 0 Å². The molecule has 0 heterocycles. The van der Waals surface area contributed by atoms with Crippen LogP contribution in [0.3, 0.4) is 0 Å². The first kappa shape index (κ1) is 24.1. The van der Waals surface area contributed by atoms with Crippen LogP contribution in [-0.2, 0) is 12.0 Å². The van der Waals surface area contributed by atoms with Crippen molar-refractivity contribution >= 4 is 32.9 Å². The van der Waals surface area contributed by atoms with Crippen LogP contribution in [0.5, 0.6) is 0 Å². The maximum absolute atomic E-state index is 6.28. The van der Waals surface area contributed by atoms with Crippen molar-refractivity contribution in [2.45, 2.75) is 90.0 Å². The van der Waals surface area contributed by atoms with Gasteiger partial charge in [0, 0.05) is 10.9 Å². The van der Waals surface area contributed by atoms with E-state index in [2.05, 4.69) is 54.0 Å². The fourth-order valence-electron chi connectivity index (χ4n) is 3.19. The van der Waals surface area contributed by atoms with Crippen LogP contribution in [-0.4, -0.2) is 5.33 Å². The quantitative estimate of drug-likeness (QED) is 0.241. The molecule has 0 aliphatic carbocycles. The van der Waals surface area contributed by atoms with Crippen molar-refractivity contribution in [3.8, 4) is 0 Å². The van der Waals surface area contributed by atoms with Gasteiger partial charge < -0.3 is 5.73 Å². The van der Waals surface area contributed by atoms with Gasteiger partial charge in [-0.3, -0.25) is 0 Å². The lowest BCUT2D eigenvalue weighted by Gasteiger charge is -2.23. The van der Waals surface area contributed by atoms with Gasteiger partial charge in [0.05, 0.1) is 0 Å². The van der Waals surface area contributed by atoms with E-state index in [-0.39, 0.29) is 22.5 Å². The summed E-state index contributed by atoms with van der Waals surface area (Å²) in [4.78, 5) is 0. The van der Waals surface area contributed by atoms with Gasteiger partial charge in [-0.25, -0.2) is 0 Å². The molecule has 1 nitrogen and oxygen atoms in total. The molecule has 1 rings (SSSR count). The third-order valence-electron chi connectivity index (χ3n) is 4.54. The Morgan fingerprint density at radius 3 is 1.75 bits per heavy atom.